The number of halogens is 1. The second-order valence-electron chi connectivity index (χ2n) is 19.2. The molecule has 3 N–H and O–H groups in total. The summed E-state index contributed by atoms with van der Waals surface area (Å²) in [5.74, 6) is 1.39. The predicted molar refractivity (Wildman–Crippen MR) is 244 cm³/mol. The first-order valence-corrected chi connectivity index (χ1v) is 23.2. The SMILES string of the molecule is CCc1cccc(-c2cnc(C(=O)C34CC5CC(CN6CCN(CC(=O)N7CCN(C(=O)c8cc(Cc9n[nH]c(=O)c%10ccccc9%10)ccc8F)CC7)CC6)CC(C3)C4C5)c(N)c2)c1. The summed E-state index contributed by atoms with van der Waals surface area (Å²) in [5, 5.41) is 8.02. The molecule has 3 aliphatic carbocycles. The van der Waals surface area contributed by atoms with E-state index in [-0.39, 0.29) is 28.2 Å². The Morgan fingerprint density at radius 2 is 1.58 bits per heavy atom. The number of hydrogen-bond acceptors (Lipinski definition) is 9. The number of rotatable bonds is 11. The first-order valence-electron chi connectivity index (χ1n) is 23.2. The van der Waals surface area contributed by atoms with E-state index in [2.05, 4.69) is 51.2 Å². The Morgan fingerprint density at radius 3 is 2.36 bits per heavy atom. The smallest absolute Gasteiger partial charge is 0.272 e. The molecule has 2 aliphatic heterocycles. The molecular formula is C51H57FN8O4. The molecule has 0 spiro atoms. The number of nitrogens with zero attached hydrogens (tertiary/aromatic N) is 6. The molecule has 12 nitrogen and oxygen atoms in total. The molecule has 2 saturated heterocycles. The minimum Gasteiger partial charge on any atom is -0.397 e. The lowest BCUT2D eigenvalue weighted by Crippen LogP contribution is -2.55. The lowest BCUT2D eigenvalue weighted by molar-refractivity contribution is -0.134. The van der Waals surface area contributed by atoms with Gasteiger partial charge in [-0.1, -0.05) is 55.5 Å². The van der Waals surface area contributed by atoms with Gasteiger partial charge in [-0.2, -0.15) is 5.10 Å². The van der Waals surface area contributed by atoms with E-state index in [1.807, 2.05) is 29.3 Å². The standard InChI is InChI=1S/C51H57FN8O4/c1-2-32-6-5-7-36(21-32)38-26-44(53)47(54-29-38)48(62)51-27-34-20-35(22-37(28-51)42(51)24-34)30-57-12-14-58(15-13-57)31-46(61)59-16-18-60(19-17-59)50(64)41-23-33(10-11-43(41)52)25-45-39-8-3-4-9-40(39)49(63)56-55-45/h3-11,21,23,26,29,34-35,37,42H,2,12-20,22,24-25,27-28,30-31,53H2,1H3,(H,56,63). The Labute approximate surface area is 373 Å². The van der Waals surface area contributed by atoms with E-state index < -0.39 is 11.7 Å². The molecule has 5 aromatic rings. The highest BCUT2D eigenvalue weighted by atomic mass is 19.1. The van der Waals surface area contributed by atoms with Crippen LogP contribution in [0.3, 0.4) is 0 Å². The van der Waals surface area contributed by atoms with Crippen LogP contribution in [0.1, 0.15) is 76.7 Å². The third kappa shape index (κ3) is 8.01. The summed E-state index contributed by atoms with van der Waals surface area (Å²) in [4.78, 5) is 66.5. The largest absolute Gasteiger partial charge is 0.397 e. The molecule has 3 saturated carbocycles. The van der Waals surface area contributed by atoms with Crippen molar-refractivity contribution in [3.8, 4) is 11.1 Å². The van der Waals surface area contributed by atoms with Gasteiger partial charge in [-0.15, -0.1) is 0 Å². The van der Waals surface area contributed by atoms with Crippen LogP contribution in [-0.2, 0) is 17.6 Å². The van der Waals surface area contributed by atoms with Crippen molar-refractivity contribution in [2.75, 3.05) is 71.2 Å². The van der Waals surface area contributed by atoms with Crippen molar-refractivity contribution in [2.45, 2.75) is 51.9 Å². The molecule has 0 radical (unpaired) electrons. The molecule has 2 amide bonds. The van der Waals surface area contributed by atoms with Gasteiger partial charge in [-0.05, 0) is 103 Å². The van der Waals surface area contributed by atoms with Gasteiger partial charge >= 0.3 is 0 Å². The van der Waals surface area contributed by atoms with Crippen molar-refractivity contribution < 1.29 is 18.8 Å². The molecule has 5 atom stereocenters. The Kier molecular flexibility index (Phi) is 11.4. The monoisotopic (exact) mass is 864 g/mol. The van der Waals surface area contributed by atoms with Crippen LogP contribution >= 0.6 is 0 Å². The number of anilines is 1. The number of ketones is 1. The maximum absolute atomic E-state index is 15.1. The number of fused-ring (bicyclic) bond motifs is 2. The molecule has 13 heteroatoms. The third-order valence-electron chi connectivity index (χ3n) is 15.4. The van der Waals surface area contributed by atoms with Crippen LogP contribution in [-0.4, -0.2) is 118 Å². The minimum atomic E-state index is -0.593. The summed E-state index contributed by atoms with van der Waals surface area (Å²) < 4.78 is 15.1. The number of H-pyrrole nitrogens is 1. The fourth-order valence-corrected chi connectivity index (χ4v) is 12.1. The Hall–Kier alpha value is -5.79. The van der Waals surface area contributed by atoms with Crippen LogP contribution in [0.25, 0.3) is 21.9 Å². The highest BCUT2D eigenvalue weighted by Gasteiger charge is 2.64. The molecule has 5 aliphatic rings. The van der Waals surface area contributed by atoms with E-state index in [1.165, 1.54) is 18.1 Å². The zero-order chi connectivity index (χ0) is 44.1. The number of nitrogen functional groups attached to an aromatic ring is 1. The topological polar surface area (TPSA) is 149 Å². The van der Waals surface area contributed by atoms with Crippen LogP contribution in [0.15, 0.2) is 83.8 Å². The summed E-state index contributed by atoms with van der Waals surface area (Å²) in [6.07, 6.45) is 8.45. The highest BCUT2D eigenvalue weighted by molar-refractivity contribution is 6.04. The fraction of sp³-hybridized carbons (Fsp3) is 0.451. The number of nitrogens with two attached hydrogens (primary N) is 1. The number of aromatic amines is 1. The molecule has 2 bridgehead atoms. The molecule has 5 unspecified atom stereocenters. The van der Waals surface area contributed by atoms with Gasteiger partial charge in [0.2, 0.25) is 5.91 Å². The highest BCUT2D eigenvalue weighted by Crippen LogP contribution is 2.68. The van der Waals surface area contributed by atoms with Gasteiger partial charge in [-0.25, -0.2) is 9.49 Å². The maximum atomic E-state index is 15.1. The normalized spacial score (nSPS) is 24.7. The van der Waals surface area contributed by atoms with Gasteiger partial charge in [0.1, 0.15) is 11.5 Å². The number of carbonyl (C=O) groups is 3. The molecule has 10 rings (SSSR count). The van der Waals surface area contributed by atoms with Crippen LogP contribution in [0.4, 0.5) is 10.1 Å². The zero-order valence-corrected chi connectivity index (χ0v) is 36.6. The molecule has 4 heterocycles. The van der Waals surface area contributed by atoms with Crippen LogP contribution in [0.5, 0.6) is 0 Å². The van der Waals surface area contributed by atoms with Crippen molar-refractivity contribution in [3.05, 3.63) is 123 Å². The number of pyridine rings is 1. The molecule has 332 valence electrons. The van der Waals surface area contributed by atoms with E-state index >= 15 is 4.39 Å². The molecule has 2 aromatic heterocycles. The minimum absolute atomic E-state index is 0.00867. The van der Waals surface area contributed by atoms with Gasteiger partial charge in [0.25, 0.3) is 11.5 Å². The van der Waals surface area contributed by atoms with Gasteiger partial charge in [0, 0.05) is 87.9 Å². The first-order chi connectivity index (χ1) is 31.0. The van der Waals surface area contributed by atoms with Crippen molar-refractivity contribution in [3.63, 3.8) is 0 Å². The molecule has 5 fully saturated rings. The van der Waals surface area contributed by atoms with Crippen LogP contribution < -0.4 is 11.3 Å². The van der Waals surface area contributed by atoms with E-state index in [4.69, 9.17) is 10.7 Å². The predicted octanol–water partition coefficient (Wildman–Crippen LogP) is 6.09. The zero-order valence-electron chi connectivity index (χ0n) is 36.6. The summed E-state index contributed by atoms with van der Waals surface area (Å²) in [6, 6.07) is 22.0. The number of aromatic nitrogens is 3. The van der Waals surface area contributed by atoms with Gasteiger partial charge in [0.05, 0.1) is 28.9 Å². The first kappa shape index (κ1) is 42.2. The van der Waals surface area contributed by atoms with Gasteiger partial charge in [-0.3, -0.25) is 29.1 Å². The van der Waals surface area contributed by atoms with E-state index in [9.17, 15) is 19.2 Å². The van der Waals surface area contributed by atoms with E-state index in [0.717, 1.165) is 76.0 Å². The molecular weight excluding hydrogens is 808 g/mol. The number of aryl methyl sites for hydroxylation is 1. The number of Topliss-reactive ketones (excluding diaryl/α,β-unsaturated/α-hetero) is 1. The number of amides is 2. The lowest BCUT2D eigenvalue weighted by atomic mass is 9.51. The number of benzene rings is 3. The Balaban J connectivity index is 0.675. The van der Waals surface area contributed by atoms with Crippen molar-refractivity contribution in [1.29, 1.82) is 0 Å². The van der Waals surface area contributed by atoms with Crippen molar-refractivity contribution in [2.24, 2.45) is 29.1 Å². The summed E-state index contributed by atoms with van der Waals surface area (Å²) in [7, 11) is 0. The average Bonchev–Trinajstić information content (AvgIpc) is 3.52. The van der Waals surface area contributed by atoms with Gasteiger partial charge < -0.3 is 20.4 Å². The van der Waals surface area contributed by atoms with Crippen molar-refractivity contribution in [1.82, 2.24) is 34.8 Å². The second-order valence-corrected chi connectivity index (χ2v) is 19.2. The van der Waals surface area contributed by atoms with Gasteiger partial charge in [0.15, 0.2) is 5.78 Å². The van der Waals surface area contributed by atoms with E-state index in [1.54, 1.807) is 29.2 Å². The quantitative estimate of drug-likeness (QED) is 0.151. The second kappa shape index (κ2) is 17.3. The third-order valence-corrected chi connectivity index (χ3v) is 15.4. The number of carbonyl (C=O) groups excluding carboxylic acids is 3. The van der Waals surface area contributed by atoms with Crippen LogP contribution in [0, 0.1) is 34.9 Å². The maximum Gasteiger partial charge on any atom is 0.272 e. The number of nitrogens with one attached hydrogen (secondary N) is 1. The molecule has 64 heavy (non-hydrogen) atoms. The van der Waals surface area contributed by atoms with Crippen molar-refractivity contribution >= 4 is 34.1 Å². The average molecular weight is 865 g/mol. The Morgan fingerprint density at radius 1 is 0.812 bits per heavy atom. The van der Waals surface area contributed by atoms with Crippen LogP contribution in [0.2, 0.25) is 0 Å². The summed E-state index contributed by atoms with van der Waals surface area (Å²) in [6.45, 7) is 8.56. The molecule has 3 aromatic carbocycles. The number of hydrogen-bond donors (Lipinski definition) is 2. The van der Waals surface area contributed by atoms with E-state index in [0.29, 0.717) is 96.2 Å². The fourth-order valence-electron chi connectivity index (χ4n) is 12.1. The number of piperazine rings is 2. The summed E-state index contributed by atoms with van der Waals surface area (Å²) >= 11 is 0. The lowest BCUT2D eigenvalue weighted by Gasteiger charge is -2.52. The summed E-state index contributed by atoms with van der Waals surface area (Å²) in [5.41, 5.74) is 11.5. The Bertz CT molecular complexity index is 2670.